The molecule has 1 aromatic carbocycles. The van der Waals surface area contributed by atoms with Gasteiger partial charge in [-0.1, -0.05) is 38.5 Å². The van der Waals surface area contributed by atoms with Gasteiger partial charge in [-0.2, -0.15) is 0 Å². The van der Waals surface area contributed by atoms with E-state index < -0.39 is 17.7 Å². The van der Waals surface area contributed by atoms with E-state index in [2.05, 4.69) is 5.32 Å². The zero-order valence-corrected chi connectivity index (χ0v) is 17.7. The van der Waals surface area contributed by atoms with Crippen molar-refractivity contribution in [2.24, 2.45) is 5.92 Å². The number of carbonyl (C=O) groups is 2. The molecule has 1 rings (SSSR count). The Bertz CT molecular complexity index is 625. The monoisotopic (exact) mass is 378 g/mol. The topological polar surface area (TPSA) is 67.9 Å². The number of methoxy groups -OCH3 is 1. The number of amides is 2. The van der Waals surface area contributed by atoms with Crippen LogP contribution < -0.4 is 10.1 Å². The highest BCUT2D eigenvalue weighted by Crippen LogP contribution is 2.18. The summed E-state index contributed by atoms with van der Waals surface area (Å²) in [6.45, 7) is 9.87. The quantitative estimate of drug-likeness (QED) is 0.750. The van der Waals surface area contributed by atoms with Gasteiger partial charge in [0.15, 0.2) is 0 Å². The van der Waals surface area contributed by atoms with Crippen LogP contribution in [-0.2, 0) is 16.0 Å². The Labute approximate surface area is 163 Å². The number of hydrogen-bond donors (Lipinski definition) is 1. The first kappa shape index (κ1) is 22.8. The van der Waals surface area contributed by atoms with Gasteiger partial charge in [0.1, 0.15) is 17.4 Å². The highest BCUT2D eigenvalue weighted by atomic mass is 16.6. The van der Waals surface area contributed by atoms with Gasteiger partial charge in [-0.25, -0.2) is 4.79 Å². The van der Waals surface area contributed by atoms with Crippen LogP contribution in [-0.4, -0.2) is 49.2 Å². The fourth-order valence-electron chi connectivity index (χ4n) is 2.66. The molecule has 6 heteroatoms. The molecular formula is C21H34N2O4. The van der Waals surface area contributed by atoms with E-state index in [0.717, 1.165) is 17.7 Å². The molecule has 0 saturated carbocycles. The maximum Gasteiger partial charge on any atom is 0.408 e. The number of rotatable bonds is 8. The maximum atomic E-state index is 12.9. The lowest BCUT2D eigenvalue weighted by molar-refractivity contribution is -0.133. The third-order valence-corrected chi connectivity index (χ3v) is 4.44. The van der Waals surface area contributed by atoms with Gasteiger partial charge in [0, 0.05) is 13.6 Å². The SMILES string of the molecule is CCC(C)C(NC(=O)OC(C)(C)C)C(=O)N(C)CCc1ccccc1OC. The number of nitrogens with one attached hydrogen (secondary N) is 1. The lowest BCUT2D eigenvalue weighted by Crippen LogP contribution is -2.52. The first-order valence-corrected chi connectivity index (χ1v) is 9.45. The number of benzene rings is 1. The lowest BCUT2D eigenvalue weighted by Gasteiger charge is -2.29. The Morgan fingerprint density at radius 2 is 1.85 bits per heavy atom. The molecule has 27 heavy (non-hydrogen) atoms. The van der Waals surface area contributed by atoms with Crippen molar-refractivity contribution < 1.29 is 19.1 Å². The third-order valence-electron chi connectivity index (χ3n) is 4.44. The average Bonchev–Trinajstić information content (AvgIpc) is 2.61. The minimum Gasteiger partial charge on any atom is -0.496 e. The largest absolute Gasteiger partial charge is 0.496 e. The number of ether oxygens (including phenoxy) is 2. The fourth-order valence-corrected chi connectivity index (χ4v) is 2.66. The van der Waals surface area contributed by atoms with Crippen molar-refractivity contribution >= 4 is 12.0 Å². The van der Waals surface area contributed by atoms with E-state index in [4.69, 9.17) is 9.47 Å². The van der Waals surface area contributed by atoms with Crippen molar-refractivity contribution in [3.63, 3.8) is 0 Å². The maximum absolute atomic E-state index is 12.9. The molecule has 0 heterocycles. The van der Waals surface area contributed by atoms with Crippen LogP contribution in [0.1, 0.15) is 46.6 Å². The Hall–Kier alpha value is -2.24. The summed E-state index contributed by atoms with van der Waals surface area (Å²) in [5.74, 6) is 0.688. The molecule has 1 aromatic rings. The second-order valence-corrected chi connectivity index (χ2v) is 7.83. The van der Waals surface area contributed by atoms with Crippen molar-refractivity contribution in [3.05, 3.63) is 29.8 Å². The third kappa shape index (κ3) is 7.49. The second kappa shape index (κ2) is 10.2. The summed E-state index contributed by atoms with van der Waals surface area (Å²) in [5.41, 5.74) is 0.433. The van der Waals surface area contributed by atoms with Crippen LogP contribution in [0, 0.1) is 5.92 Å². The van der Waals surface area contributed by atoms with Gasteiger partial charge in [-0.05, 0) is 44.7 Å². The van der Waals surface area contributed by atoms with Gasteiger partial charge < -0.3 is 19.7 Å². The molecule has 0 aliphatic carbocycles. The number of likely N-dealkylation sites (N-methyl/N-ethyl adjacent to an activating group) is 1. The van der Waals surface area contributed by atoms with Crippen LogP contribution in [0.3, 0.4) is 0 Å². The van der Waals surface area contributed by atoms with E-state index in [1.54, 1.807) is 39.8 Å². The van der Waals surface area contributed by atoms with Gasteiger partial charge in [0.25, 0.3) is 0 Å². The summed E-state index contributed by atoms with van der Waals surface area (Å²) in [6.07, 6.45) is 0.873. The molecule has 6 nitrogen and oxygen atoms in total. The van der Waals surface area contributed by atoms with E-state index in [-0.39, 0.29) is 11.8 Å². The minimum absolute atomic E-state index is 0.00118. The zero-order chi connectivity index (χ0) is 20.6. The Balaban J connectivity index is 2.77. The molecule has 0 saturated heterocycles. The number of para-hydroxylation sites is 1. The molecule has 2 amide bonds. The standard InChI is InChI=1S/C21H34N2O4/c1-8-15(2)18(22-20(25)27-21(3,4)5)19(24)23(6)14-13-16-11-9-10-12-17(16)26-7/h9-12,15,18H,8,13-14H2,1-7H3,(H,22,25). The van der Waals surface area contributed by atoms with Crippen LogP contribution >= 0.6 is 0 Å². The van der Waals surface area contributed by atoms with Gasteiger partial charge >= 0.3 is 6.09 Å². The van der Waals surface area contributed by atoms with Crippen LogP contribution in [0.2, 0.25) is 0 Å². The molecule has 2 unspecified atom stereocenters. The molecule has 0 radical (unpaired) electrons. The molecule has 0 aliphatic heterocycles. The smallest absolute Gasteiger partial charge is 0.408 e. The van der Waals surface area contributed by atoms with Gasteiger partial charge in [0.05, 0.1) is 7.11 Å². The highest BCUT2D eigenvalue weighted by Gasteiger charge is 2.30. The Morgan fingerprint density at radius 1 is 1.22 bits per heavy atom. The molecule has 0 spiro atoms. The van der Waals surface area contributed by atoms with E-state index in [1.807, 2.05) is 38.1 Å². The van der Waals surface area contributed by atoms with Crippen LogP contribution in [0.15, 0.2) is 24.3 Å². The zero-order valence-electron chi connectivity index (χ0n) is 17.7. The normalized spacial score (nSPS) is 13.4. The van der Waals surface area contributed by atoms with E-state index in [1.165, 1.54) is 0 Å². The predicted molar refractivity (Wildman–Crippen MR) is 107 cm³/mol. The van der Waals surface area contributed by atoms with E-state index in [0.29, 0.717) is 13.0 Å². The molecule has 0 aromatic heterocycles. The number of hydrogen-bond acceptors (Lipinski definition) is 4. The summed E-state index contributed by atoms with van der Waals surface area (Å²) >= 11 is 0. The van der Waals surface area contributed by atoms with Gasteiger partial charge in [-0.3, -0.25) is 4.79 Å². The van der Waals surface area contributed by atoms with Gasteiger partial charge in [-0.15, -0.1) is 0 Å². The van der Waals surface area contributed by atoms with Crippen LogP contribution in [0.25, 0.3) is 0 Å². The summed E-state index contributed by atoms with van der Waals surface area (Å²) in [4.78, 5) is 26.8. The Kier molecular flexibility index (Phi) is 8.60. The molecule has 1 N–H and O–H groups in total. The van der Waals surface area contributed by atoms with Gasteiger partial charge in [0.2, 0.25) is 5.91 Å². The number of alkyl carbamates (subject to hydrolysis) is 1. The fraction of sp³-hybridized carbons (Fsp3) is 0.619. The van der Waals surface area contributed by atoms with Crippen molar-refractivity contribution in [1.29, 1.82) is 0 Å². The summed E-state index contributed by atoms with van der Waals surface area (Å²) in [5, 5.41) is 2.75. The van der Waals surface area contributed by atoms with Crippen molar-refractivity contribution in [2.75, 3.05) is 20.7 Å². The second-order valence-electron chi connectivity index (χ2n) is 7.83. The molecule has 152 valence electrons. The van der Waals surface area contributed by atoms with E-state index in [9.17, 15) is 9.59 Å². The first-order valence-electron chi connectivity index (χ1n) is 9.45. The highest BCUT2D eigenvalue weighted by molar-refractivity contribution is 5.85. The minimum atomic E-state index is -0.618. The number of carbonyl (C=O) groups excluding carboxylic acids is 2. The van der Waals surface area contributed by atoms with Crippen LogP contribution in [0.4, 0.5) is 4.79 Å². The molecule has 0 fully saturated rings. The summed E-state index contributed by atoms with van der Waals surface area (Å²) in [7, 11) is 3.39. The summed E-state index contributed by atoms with van der Waals surface area (Å²) < 4.78 is 10.7. The lowest BCUT2D eigenvalue weighted by atomic mass is 9.98. The summed E-state index contributed by atoms with van der Waals surface area (Å²) in [6, 6.07) is 7.14. The predicted octanol–water partition coefficient (Wildman–Crippen LogP) is 3.64. The Morgan fingerprint density at radius 3 is 2.41 bits per heavy atom. The molecule has 2 atom stereocenters. The average molecular weight is 379 g/mol. The first-order chi connectivity index (χ1) is 12.6. The molecular weight excluding hydrogens is 344 g/mol. The molecule has 0 bridgehead atoms. The van der Waals surface area contributed by atoms with Crippen molar-refractivity contribution in [3.8, 4) is 5.75 Å². The van der Waals surface area contributed by atoms with E-state index >= 15 is 0 Å². The molecule has 0 aliphatic rings. The van der Waals surface area contributed by atoms with Crippen molar-refractivity contribution in [2.45, 2.75) is 59.1 Å². The van der Waals surface area contributed by atoms with Crippen molar-refractivity contribution in [1.82, 2.24) is 10.2 Å². The van der Waals surface area contributed by atoms with Crippen LogP contribution in [0.5, 0.6) is 5.75 Å². The number of nitrogens with zero attached hydrogens (tertiary/aromatic N) is 1.